The first-order chi connectivity index (χ1) is 8.60. The van der Waals surface area contributed by atoms with Crippen molar-refractivity contribution >= 4 is 0 Å². The lowest BCUT2D eigenvalue weighted by atomic mass is 10.1. The summed E-state index contributed by atoms with van der Waals surface area (Å²) in [5.41, 5.74) is 5.57. The van der Waals surface area contributed by atoms with Crippen molar-refractivity contribution in [2.24, 2.45) is 5.73 Å². The van der Waals surface area contributed by atoms with Gasteiger partial charge in [-0.2, -0.15) is 0 Å². The largest absolute Gasteiger partial charge is 0.329 e. The van der Waals surface area contributed by atoms with Gasteiger partial charge in [0.2, 0.25) is 0 Å². The van der Waals surface area contributed by atoms with Crippen LogP contribution in [0.15, 0.2) is 24.3 Å². The Morgan fingerprint density at radius 2 is 1.89 bits per heavy atom. The molecule has 0 aromatic heterocycles. The van der Waals surface area contributed by atoms with Gasteiger partial charge < -0.3 is 11.1 Å². The molecule has 2 nitrogen and oxygen atoms in total. The molecule has 5 heteroatoms. The SMILES string of the molecule is C/C=C/CCNC(CN)c1cc(F)c(F)cc1F. The van der Waals surface area contributed by atoms with Gasteiger partial charge in [0.1, 0.15) is 5.82 Å². The number of hydrogen-bond acceptors (Lipinski definition) is 2. The third kappa shape index (κ3) is 3.85. The lowest BCUT2D eigenvalue weighted by Crippen LogP contribution is -2.29. The molecule has 0 aliphatic carbocycles. The van der Waals surface area contributed by atoms with E-state index in [-0.39, 0.29) is 12.1 Å². The van der Waals surface area contributed by atoms with Gasteiger partial charge in [0, 0.05) is 24.2 Å². The smallest absolute Gasteiger partial charge is 0.161 e. The summed E-state index contributed by atoms with van der Waals surface area (Å²) in [5, 5.41) is 3.00. The minimum Gasteiger partial charge on any atom is -0.329 e. The Hall–Kier alpha value is -1.33. The van der Waals surface area contributed by atoms with Crippen LogP contribution in [0.4, 0.5) is 13.2 Å². The number of halogens is 3. The van der Waals surface area contributed by atoms with E-state index in [1.807, 2.05) is 19.1 Å². The van der Waals surface area contributed by atoms with E-state index in [9.17, 15) is 13.2 Å². The van der Waals surface area contributed by atoms with Crippen LogP contribution in [-0.4, -0.2) is 13.1 Å². The van der Waals surface area contributed by atoms with Crippen LogP contribution in [0.1, 0.15) is 24.9 Å². The molecular formula is C13H17F3N2. The first-order valence-electron chi connectivity index (χ1n) is 5.79. The van der Waals surface area contributed by atoms with Crippen molar-refractivity contribution in [3.8, 4) is 0 Å². The Bertz CT molecular complexity index is 419. The number of allylic oxidation sites excluding steroid dienone is 1. The molecule has 0 amide bonds. The van der Waals surface area contributed by atoms with Crippen LogP contribution in [0.2, 0.25) is 0 Å². The van der Waals surface area contributed by atoms with E-state index in [4.69, 9.17) is 5.73 Å². The normalized spacial score (nSPS) is 13.2. The zero-order valence-corrected chi connectivity index (χ0v) is 10.2. The topological polar surface area (TPSA) is 38.0 Å². The van der Waals surface area contributed by atoms with E-state index >= 15 is 0 Å². The van der Waals surface area contributed by atoms with Crippen LogP contribution in [0.3, 0.4) is 0 Å². The summed E-state index contributed by atoms with van der Waals surface area (Å²) < 4.78 is 39.4. The maximum atomic E-state index is 13.5. The second-order valence-corrected chi connectivity index (χ2v) is 3.89. The van der Waals surface area contributed by atoms with Crippen molar-refractivity contribution in [3.63, 3.8) is 0 Å². The lowest BCUT2D eigenvalue weighted by molar-refractivity contribution is 0.468. The number of nitrogens with two attached hydrogens (primary N) is 1. The fraction of sp³-hybridized carbons (Fsp3) is 0.385. The molecule has 1 unspecified atom stereocenters. The fourth-order valence-corrected chi connectivity index (χ4v) is 1.63. The molecule has 0 heterocycles. The summed E-state index contributed by atoms with van der Waals surface area (Å²) in [6.07, 6.45) is 4.61. The monoisotopic (exact) mass is 258 g/mol. The molecule has 18 heavy (non-hydrogen) atoms. The van der Waals surface area contributed by atoms with Gasteiger partial charge in [-0.3, -0.25) is 0 Å². The predicted molar refractivity (Wildman–Crippen MR) is 65.5 cm³/mol. The maximum absolute atomic E-state index is 13.5. The summed E-state index contributed by atoms with van der Waals surface area (Å²) in [4.78, 5) is 0. The first-order valence-corrected chi connectivity index (χ1v) is 5.79. The summed E-state index contributed by atoms with van der Waals surface area (Å²) >= 11 is 0. The average Bonchev–Trinajstić information content (AvgIpc) is 2.35. The van der Waals surface area contributed by atoms with Crippen LogP contribution >= 0.6 is 0 Å². The highest BCUT2D eigenvalue weighted by atomic mass is 19.2. The van der Waals surface area contributed by atoms with Gasteiger partial charge in [-0.1, -0.05) is 12.2 Å². The van der Waals surface area contributed by atoms with Crippen molar-refractivity contribution in [1.82, 2.24) is 5.32 Å². The highest BCUT2D eigenvalue weighted by molar-refractivity contribution is 5.23. The Labute approximate surface area is 105 Å². The minimum atomic E-state index is -1.19. The number of rotatable bonds is 6. The van der Waals surface area contributed by atoms with Crippen LogP contribution < -0.4 is 11.1 Å². The molecule has 0 radical (unpaired) electrons. The molecule has 100 valence electrons. The van der Waals surface area contributed by atoms with E-state index in [0.717, 1.165) is 12.5 Å². The van der Waals surface area contributed by atoms with Gasteiger partial charge in [0.05, 0.1) is 0 Å². The van der Waals surface area contributed by atoms with Gasteiger partial charge in [-0.15, -0.1) is 0 Å². The van der Waals surface area contributed by atoms with Crippen LogP contribution in [0.25, 0.3) is 0 Å². The molecule has 0 saturated heterocycles. The quantitative estimate of drug-likeness (QED) is 0.467. The van der Waals surface area contributed by atoms with Gasteiger partial charge in [-0.25, -0.2) is 13.2 Å². The van der Waals surface area contributed by atoms with E-state index in [1.165, 1.54) is 0 Å². The Balaban J connectivity index is 2.78. The summed E-state index contributed by atoms with van der Waals surface area (Å²) in [7, 11) is 0. The van der Waals surface area contributed by atoms with Crippen LogP contribution in [-0.2, 0) is 0 Å². The zero-order chi connectivity index (χ0) is 13.5. The molecular weight excluding hydrogens is 241 g/mol. The second kappa shape index (κ2) is 7.18. The Kier molecular flexibility index (Phi) is 5.88. The number of hydrogen-bond donors (Lipinski definition) is 2. The molecule has 0 aliphatic rings. The maximum Gasteiger partial charge on any atom is 0.161 e. The van der Waals surface area contributed by atoms with E-state index in [2.05, 4.69) is 5.32 Å². The molecule has 1 atom stereocenters. The fourth-order valence-electron chi connectivity index (χ4n) is 1.63. The summed E-state index contributed by atoms with van der Waals surface area (Å²) in [5.74, 6) is -3.05. The molecule has 0 saturated carbocycles. The molecule has 3 N–H and O–H groups in total. The highest BCUT2D eigenvalue weighted by Gasteiger charge is 2.17. The van der Waals surface area contributed by atoms with Crippen molar-refractivity contribution in [1.29, 1.82) is 0 Å². The molecule has 1 aromatic carbocycles. The lowest BCUT2D eigenvalue weighted by Gasteiger charge is -2.17. The van der Waals surface area contributed by atoms with E-state index < -0.39 is 23.5 Å². The molecule has 1 aromatic rings. The van der Waals surface area contributed by atoms with Crippen molar-refractivity contribution in [2.45, 2.75) is 19.4 Å². The van der Waals surface area contributed by atoms with Crippen LogP contribution in [0.5, 0.6) is 0 Å². The first kappa shape index (κ1) is 14.7. The Morgan fingerprint density at radius 3 is 2.50 bits per heavy atom. The molecule has 0 aliphatic heterocycles. The standard InChI is InChI=1S/C13H17F3N2/c1-2-3-4-5-18-13(8-17)9-6-11(15)12(16)7-10(9)14/h2-3,6-7,13,18H,4-5,8,17H2,1H3/b3-2+. The average molecular weight is 258 g/mol. The van der Waals surface area contributed by atoms with Crippen molar-refractivity contribution in [3.05, 3.63) is 47.3 Å². The van der Waals surface area contributed by atoms with Crippen molar-refractivity contribution in [2.75, 3.05) is 13.1 Å². The zero-order valence-electron chi connectivity index (χ0n) is 10.2. The third-order valence-electron chi connectivity index (χ3n) is 2.59. The molecule has 0 bridgehead atoms. The molecule has 1 rings (SSSR count). The van der Waals surface area contributed by atoms with Gasteiger partial charge in [0.25, 0.3) is 0 Å². The molecule has 0 fully saturated rings. The number of nitrogens with one attached hydrogen (secondary N) is 1. The second-order valence-electron chi connectivity index (χ2n) is 3.89. The number of benzene rings is 1. The van der Waals surface area contributed by atoms with E-state index in [0.29, 0.717) is 12.6 Å². The molecule has 0 spiro atoms. The van der Waals surface area contributed by atoms with Gasteiger partial charge in [0.15, 0.2) is 11.6 Å². The third-order valence-corrected chi connectivity index (χ3v) is 2.59. The summed E-state index contributed by atoms with van der Waals surface area (Å²) in [6, 6.07) is 0.872. The van der Waals surface area contributed by atoms with Crippen molar-refractivity contribution < 1.29 is 13.2 Å². The predicted octanol–water partition coefficient (Wildman–Crippen LogP) is 2.66. The van der Waals surface area contributed by atoms with Gasteiger partial charge in [-0.05, 0) is 26.0 Å². The summed E-state index contributed by atoms with van der Waals surface area (Å²) in [6.45, 7) is 2.60. The van der Waals surface area contributed by atoms with Gasteiger partial charge >= 0.3 is 0 Å². The highest BCUT2D eigenvalue weighted by Crippen LogP contribution is 2.19. The Morgan fingerprint density at radius 1 is 1.22 bits per heavy atom. The van der Waals surface area contributed by atoms with Crippen LogP contribution in [0, 0.1) is 17.5 Å². The minimum absolute atomic E-state index is 0.0527. The van der Waals surface area contributed by atoms with E-state index in [1.54, 1.807) is 0 Å².